The Hall–Kier alpha value is -3.80. The number of hydrogen-bond acceptors (Lipinski definition) is 9. The Bertz CT molecular complexity index is 1250. The number of ether oxygens (including phenoxy) is 2. The van der Waals surface area contributed by atoms with Crippen molar-refractivity contribution in [3.05, 3.63) is 72.8 Å². The molecule has 1 aliphatic rings. The van der Waals surface area contributed by atoms with E-state index in [9.17, 15) is 4.79 Å². The molecule has 0 aliphatic carbocycles. The number of nitrogens with one attached hydrogen (secondary N) is 2. The van der Waals surface area contributed by atoms with Crippen LogP contribution in [0, 0.1) is 0 Å². The highest BCUT2D eigenvalue weighted by atomic mass is 32.2. The lowest BCUT2D eigenvalue weighted by atomic mass is 10.1. The Morgan fingerprint density at radius 2 is 2.08 bits per heavy atom. The maximum atomic E-state index is 12.8. The molecular formula is C26H31N7O3S. The molecule has 0 unspecified atom stereocenters. The Kier molecular flexibility index (Phi) is 9.19. The number of pyridine rings is 1. The van der Waals surface area contributed by atoms with Crippen molar-refractivity contribution in [3.8, 4) is 16.9 Å². The van der Waals surface area contributed by atoms with E-state index in [1.165, 1.54) is 11.8 Å². The lowest BCUT2D eigenvalue weighted by molar-refractivity contribution is -0.112. The molecule has 4 N–H and O–H groups in total. The van der Waals surface area contributed by atoms with Crippen LogP contribution < -0.4 is 26.0 Å². The minimum Gasteiger partial charge on any atom is -0.491 e. The number of rotatable bonds is 11. The largest absolute Gasteiger partial charge is 0.491 e. The maximum absolute atomic E-state index is 12.8. The molecule has 3 aromatic rings. The summed E-state index contributed by atoms with van der Waals surface area (Å²) in [6, 6.07) is 9.65. The summed E-state index contributed by atoms with van der Waals surface area (Å²) in [5, 5.41) is 12.8. The molecule has 0 saturated carbocycles. The number of anilines is 2. The minimum atomic E-state index is -0.406. The third kappa shape index (κ3) is 7.13. The minimum absolute atomic E-state index is 0.0644. The topological polar surface area (TPSA) is 120 Å². The van der Waals surface area contributed by atoms with Crippen molar-refractivity contribution < 1.29 is 14.3 Å². The van der Waals surface area contributed by atoms with E-state index in [4.69, 9.17) is 15.2 Å². The van der Waals surface area contributed by atoms with E-state index in [1.807, 2.05) is 36.5 Å². The number of nitrogens with two attached hydrogens (primary N) is 1. The van der Waals surface area contributed by atoms with Crippen LogP contribution in [-0.4, -0.2) is 67.2 Å². The predicted octanol–water partition coefficient (Wildman–Crippen LogP) is 2.98. The van der Waals surface area contributed by atoms with Gasteiger partial charge in [0.05, 0.1) is 35.4 Å². The van der Waals surface area contributed by atoms with E-state index in [0.29, 0.717) is 23.9 Å². The van der Waals surface area contributed by atoms with Gasteiger partial charge in [-0.2, -0.15) is 5.10 Å². The van der Waals surface area contributed by atoms with Gasteiger partial charge < -0.3 is 30.7 Å². The van der Waals surface area contributed by atoms with Gasteiger partial charge >= 0.3 is 0 Å². The first-order chi connectivity index (χ1) is 18.0. The van der Waals surface area contributed by atoms with Gasteiger partial charge in [0.15, 0.2) is 0 Å². The molecule has 0 radical (unpaired) electrons. The summed E-state index contributed by atoms with van der Waals surface area (Å²) in [5.41, 5.74) is 9.56. The van der Waals surface area contributed by atoms with Crippen LogP contribution in [0.15, 0.2) is 72.8 Å². The number of piperazine rings is 1. The van der Waals surface area contributed by atoms with Gasteiger partial charge in [0.25, 0.3) is 5.91 Å². The van der Waals surface area contributed by atoms with Crippen molar-refractivity contribution >= 4 is 34.1 Å². The van der Waals surface area contributed by atoms with Gasteiger partial charge in [0.1, 0.15) is 18.1 Å². The van der Waals surface area contributed by atoms with Gasteiger partial charge in [0.2, 0.25) is 0 Å². The van der Waals surface area contributed by atoms with E-state index in [2.05, 4.69) is 32.2 Å². The zero-order valence-electron chi connectivity index (χ0n) is 20.7. The molecule has 3 heterocycles. The molecule has 0 atom stereocenters. The van der Waals surface area contributed by atoms with Gasteiger partial charge in [0, 0.05) is 56.7 Å². The molecule has 1 aromatic carbocycles. The Labute approximate surface area is 220 Å². The summed E-state index contributed by atoms with van der Waals surface area (Å²) >= 11 is 1.22. The number of nitrogens with zero attached hydrogens (tertiary/aromatic N) is 4. The summed E-state index contributed by atoms with van der Waals surface area (Å²) in [6.45, 7) is 8.54. The molecule has 1 fully saturated rings. The molecule has 11 heteroatoms. The van der Waals surface area contributed by atoms with Crippen LogP contribution in [0.3, 0.4) is 0 Å². The maximum Gasteiger partial charge on any atom is 0.272 e. The van der Waals surface area contributed by atoms with Gasteiger partial charge in [-0.25, -0.2) is 4.68 Å². The third-order valence-electron chi connectivity index (χ3n) is 5.65. The predicted molar refractivity (Wildman–Crippen MR) is 148 cm³/mol. The van der Waals surface area contributed by atoms with E-state index in [-0.39, 0.29) is 5.70 Å². The van der Waals surface area contributed by atoms with Crippen LogP contribution in [0.4, 0.5) is 11.4 Å². The van der Waals surface area contributed by atoms with Crippen molar-refractivity contribution in [2.45, 2.75) is 0 Å². The Balaban J connectivity index is 1.36. The molecule has 10 nitrogen and oxygen atoms in total. The second kappa shape index (κ2) is 12.9. The summed E-state index contributed by atoms with van der Waals surface area (Å²) in [6.07, 6.45) is 6.97. The summed E-state index contributed by atoms with van der Waals surface area (Å²) in [5.74, 6) is 0.349. The first kappa shape index (κ1) is 26.3. The van der Waals surface area contributed by atoms with Gasteiger partial charge in [-0.15, -0.1) is 0 Å². The van der Waals surface area contributed by atoms with Gasteiger partial charge in [-0.3, -0.25) is 9.78 Å². The Morgan fingerprint density at radius 1 is 1.24 bits per heavy atom. The highest BCUT2D eigenvalue weighted by Crippen LogP contribution is 2.28. The number of carbonyl (C=O) groups excluding carboxylic acids is 1. The standard InChI is InChI=1S/C26H31N7O3S/c1-19(33-17-21(15-30-33)20-4-3-5-22(14-20)36-13-12-35-2)37-18-23(27)26(34)31-24-16-29-7-6-25(24)32-10-8-28-9-11-32/h3-7,14-18,28H,1,8-13,27H2,2H3,(H,31,34)/b23-18-. The van der Waals surface area contributed by atoms with Crippen LogP contribution in [0.5, 0.6) is 5.75 Å². The van der Waals surface area contributed by atoms with Crippen molar-refractivity contribution in [2.24, 2.45) is 5.73 Å². The molecule has 0 bridgehead atoms. The van der Waals surface area contributed by atoms with Gasteiger partial charge in [-0.05, 0) is 23.8 Å². The normalized spacial score (nSPS) is 13.9. The number of carbonyl (C=O) groups is 1. The molecule has 4 rings (SSSR count). The average Bonchev–Trinajstić information content (AvgIpc) is 3.43. The van der Waals surface area contributed by atoms with E-state index >= 15 is 0 Å². The first-order valence-electron chi connectivity index (χ1n) is 11.8. The summed E-state index contributed by atoms with van der Waals surface area (Å²) < 4.78 is 12.4. The first-order valence-corrected chi connectivity index (χ1v) is 12.7. The fourth-order valence-electron chi connectivity index (χ4n) is 3.71. The molecule has 0 spiro atoms. The third-order valence-corrected chi connectivity index (χ3v) is 6.48. The van der Waals surface area contributed by atoms with Crippen molar-refractivity contribution in [3.63, 3.8) is 0 Å². The smallest absolute Gasteiger partial charge is 0.272 e. The van der Waals surface area contributed by atoms with Gasteiger partial charge in [-0.1, -0.05) is 30.5 Å². The van der Waals surface area contributed by atoms with E-state index in [1.54, 1.807) is 35.8 Å². The molecule has 37 heavy (non-hydrogen) atoms. The zero-order valence-corrected chi connectivity index (χ0v) is 21.5. The van der Waals surface area contributed by atoms with Crippen molar-refractivity contribution in [1.29, 1.82) is 0 Å². The fraction of sp³-hybridized carbons (Fsp3) is 0.269. The number of amides is 1. The lowest BCUT2D eigenvalue weighted by Gasteiger charge is -2.30. The second-order valence-corrected chi connectivity index (χ2v) is 9.15. The van der Waals surface area contributed by atoms with Crippen LogP contribution in [-0.2, 0) is 9.53 Å². The molecule has 1 saturated heterocycles. The summed E-state index contributed by atoms with van der Waals surface area (Å²) in [7, 11) is 1.64. The van der Waals surface area contributed by atoms with Crippen LogP contribution in [0.2, 0.25) is 0 Å². The molecule has 2 aromatic heterocycles. The van der Waals surface area contributed by atoms with E-state index in [0.717, 1.165) is 48.7 Å². The monoisotopic (exact) mass is 521 g/mol. The number of aromatic nitrogens is 3. The number of hydrogen-bond donors (Lipinski definition) is 3. The highest BCUT2D eigenvalue weighted by molar-refractivity contribution is 8.10. The molecular weight excluding hydrogens is 490 g/mol. The van der Waals surface area contributed by atoms with Crippen molar-refractivity contribution in [1.82, 2.24) is 20.1 Å². The molecule has 1 aliphatic heterocycles. The average molecular weight is 522 g/mol. The van der Waals surface area contributed by atoms with Crippen LogP contribution in [0.1, 0.15) is 0 Å². The Morgan fingerprint density at radius 3 is 2.89 bits per heavy atom. The number of methoxy groups -OCH3 is 1. The molecule has 194 valence electrons. The van der Waals surface area contributed by atoms with Crippen molar-refractivity contribution in [2.75, 3.05) is 56.7 Å². The fourth-order valence-corrected chi connectivity index (χ4v) is 4.29. The van der Waals surface area contributed by atoms with E-state index < -0.39 is 5.91 Å². The quantitative estimate of drug-likeness (QED) is 0.258. The van der Waals surface area contributed by atoms with Crippen LogP contribution in [0.25, 0.3) is 16.2 Å². The molecule has 1 amide bonds. The lowest BCUT2D eigenvalue weighted by Crippen LogP contribution is -2.43. The summed E-state index contributed by atoms with van der Waals surface area (Å²) in [4.78, 5) is 19.1. The van der Waals surface area contributed by atoms with Crippen LogP contribution >= 0.6 is 11.8 Å². The highest BCUT2D eigenvalue weighted by Gasteiger charge is 2.16. The number of benzene rings is 1. The number of thioether (sulfide) groups is 1. The second-order valence-electron chi connectivity index (χ2n) is 8.21. The SMILES string of the molecule is C=C(S/C=C(\N)C(=O)Nc1cnccc1N1CCNCC1)n1cc(-c2cccc(OCCOC)c2)cn1. The zero-order chi connectivity index (χ0) is 26.0.